The van der Waals surface area contributed by atoms with E-state index in [0.29, 0.717) is 5.75 Å². The van der Waals surface area contributed by atoms with E-state index in [2.05, 4.69) is 4.98 Å². The number of amides is 1. The van der Waals surface area contributed by atoms with E-state index < -0.39 is 16.9 Å². The van der Waals surface area contributed by atoms with Crippen molar-refractivity contribution in [3.8, 4) is 0 Å². The van der Waals surface area contributed by atoms with Crippen LogP contribution in [0.25, 0.3) is 6.08 Å². The van der Waals surface area contributed by atoms with Gasteiger partial charge in [-0.2, -0.15) is 0 Å². The summed E-state index contributed by atoms with van der Waals surface area (Å²) in [4.78, 5) is 32.4. The Balaban J connectivity index is 1.44. The topological polar surface area (TPSA) is 85.5 Å². The number of nitrogens with two attached hydrogens (primary N) is 1. The number of ether oxygens (including phenoxy) is 1. The largest absolute Gasteiger partial charge is 0.451 e. The second-order valence-electron chi connectivity index (χ2n) is 8.47. The minimum atomic E-state index is -0.968. The van der Waals surface area contributed by atoms with Crippen LogP contribution in [-0.4, -0.2) is 50.2 Å². The summed E-state index contributed by atoms with van der Waals surface area (Å²) in [6.07, 6.45) is 3.03. The molecule has 3 heterocycles. The van der Waals surface area contributed by atoms with E-state index >= 15 is 0 Å². The van der Waals surface area contributed by atoms with Gasteiger partial charge in [0.05, 0.1) is 5.69 Å². The Labute approximate surface area is 212 Å². The first-order chi connectivity index (χ1) is 17.1. The van der Waals surface area contributed by atoms with Crippen molar-refractivity contribution < 1.29 is 14.3 Å². The lowest BCUT2D eigenvalue weighted by Crippen LogP contribution is -2.73. The number of pyridine rings is 1. The quantitative estimate of drug-likeness (QED) is 0.384. The predicted molar refractivity (Wildman–Crippen MR) is 140 cm³/mol. The van der Waals surface area contributed by atoms with Crippen molar-refractivity contribution in [2.24, 2.45) is 5.73 Å². The summed E-state index contributed by atoms with van der Waals surface area (Å²) in [7, 11) is 0. The molecule has 0 bridgehead atoms. The van der Waals surface area contributed by atoms with Crippen molar-refractivity contribution in [1.29, 1.82) is 0 Å². The highest BCUT2D eigenvalue weighted by atomic mass is 32.2. The zero-order valence-corrected chi connectivity index (χ0v) is 20.5. The number of thioether (sulfide) groups is 2. The lowest BCUT2D eigenvalue weighted by atomic mass is 10.00. The summed E-state index contributed by atoms with van der Waals surface area (Å²) >= 11 is 2.91. The third-order valence-corrected chi connectivity index (χ3v) is 9.01. The van der Waals surface area contributed by atoms with Crippen molar-refractivity contribution in [3.05, 3.63) is 107 Å². The normalized spacial score (nSPS) is 23.7. The summed E-state index contributed by atoms with van der Waals surface area (Å²) in [6, 6.07) is 24.6. The summed E-state index contributed by atoms with van der Waals surface area (Å²) in [5, 5.41) is 1.78. The van der Waals surface area contributed by atoms with Crippen molar-refractivity contribution in [1.82, 2.24) is 9.88 Å². The molecule has 0 aliphatic carbocycles. The molecule has 2 fully saturated rings. The molecule has 5 rings (SSSR count). The number of fused-ring (bicyclic) bond motifs is 1. The van der Waals surface area contributed by atoms with Crippen LogP contribution in [0.4, 0.5) is 0 Å². The average Bonchev–Trinajstić information content (AvgIpc) is 2.92. The molecule has 0 spiro atoms. The minimum Gasteiger partial charge on any atom is -0.451 e. The highest BCUT2D eigenvalue weighted by Gasteiger charge is 2.56. The molecule has 2 N–H and O–H groups in total. The van der Waals surface area contributed by atoms with Gasteiger partial charge >= 0.3 is 5.97 Å². The Morgan fingerprint density at radius 2 is 1.74 bits per heavy atom. The van der Waals surface area contributed by atoms with Crippen molar-refractivity contribution in [2.75, 3.05) is 12.3 Å². The Kier molecular flexibility index (Phi) is 6.95. The number of rotatable bonds is 7. The summed E-state index contributed by atoms with van der Waals surface area (Å²) < 4.78 is 5.28. The fourth-order valence-corrected chi connectivity index (χ4v) is 6.84. The number of benzene rings is 2. The fraction of sp³-hybridized carbons (Fsp3) is 0.222. The molecule has 2 aliphatic rings. The smallest absolute Gasteiger partial charge is 0.326 e. The summed E-state index contributed by atoms with van der Waals surface area (Å²) in [6.45, 7) is 0.254. The Morgan fingerprint density at radius 1 is 1.09 bits per heavy atom. The molecule has 6 nitrogen and oxygen atoms in total. The zero-order chi connectivity index (χ0) is 24.3. The van der Waals surface area contributed by atoms with Gasteiger partial charge in [0.1, 0.15) is 16.2 Å². The van der Waals surface area contributed by atoms with Crippen molar-refractivity contribution in [3.63, 3.8) is 0 Å². The van der Waals surface area contributed by atoms with Crippen LogP contribution in [-0.2, 0) is 14.3 Å². The average molecular weight is 504 g/mol. The maximum Gasteiger partial charge on any atom is 0.326 e. The third kappa shape index (κ3) is 4.87. The maximum atomic E-state index is 13.9. The van der Waals surface area contributed by atoms with Gasteiger partial charge in [-0.3, -0.25) is 14.6 Å². The van der Waals surface area contributed by atoms with Crippen LogP contribution >= 0.6 is 23.5 Å². The van der Waals surface area contributed by atoms with Crippen molar-refractivity contribution >= 4 is 41.5 Å². The molecule has 3 atom stereocenters. The maximum absolute atomic E-state index is 13.9. The van der Waals surface area contributed by atoms with E-state index in [4.69, 9.17) is 10.5 Å². The van der Waals surface area contributed by atoms with Crippen molar-refractivity contribution in [2.45, 2.75) is 22.3 Å². The van der Waals surface area contributed by atoms with Gasteiger partial charge in [0, 0.05) is 18.5 Å². The number of hydrogen-bond donors (Lipinski definition) is 1. The van der Waals surface area contributed by atoms with E-state index in [-0.39, 0.29) is 23.8 Å². The number of esters is 1. The van der Waals surface area contributed by atoms with E-state index in [1.807, 2.05) is 90.3 Å². The molecule has 1 amide bonds. The van der Waals surface area contributed by atoms with Crippen LogP contribution in [0.1, 0.15) is 22.9 Å². The number of carbonyl (C=O) groups excluding carboxylic acids is 2. The van der Waals surface area contributed by atoms with Gasteiger partial charge in [-0.1, -0.05) is 66.7 Å². The van der Waals surface area contributed by atoms with Gasteiger partial charge in [-0.25, -0.2) is 0 Å². The van der Waals surface area contributed by atoms with Crippen LogP contribution in [0.2, 0.25) is 0 Å². The lowest BCUT2D eigenvalue weighted by Gasteiger charge is -2.52. The molecule has 2 aliphatic heterocycles. The number of carbonyl (C=O) groups is 2. The first-order valence-electron chi connectivity index (χ1n) is 11.3. The first kappa shape index (κ1) is 23.7. The van der Waals surface area contributed by atoms with E-state index in [1.54, 1.807) is 11.1 Å². The molecule has 178 valence electrons. The number of β-lactam (4-membered cyclic amide) rings is 1. The molecule has 3 aromatic rings. The molecular formula is C27H25N3O3S2. The molecular weight excluding hydrogens is 478 g/mol. The fourth-order valence-electron chi connectivity index (χ4n) is 4.20. The van der Waals surface area contributed by atoms with Gasteiger partial charge in [-0.05, 0) is 34.7 Å². The summed E-state index contributed by atoms with van der Waals surface area (Å²) in [5.74, 6) is 0.00283. The Hall–Kier alpha value is -3.07. The van der Waals surface area contributed by atoms with Gasteiger partial charge in [0.2, 0.25) is 5.91 Å². The van der Waals surface area contributed by atoms with Gasteiger partial charge < -0.3 is 15.4 Å². The van der Waals surface area contributed by atoms with Gasteiger partial charge in [-0.15, -0.1) is 23.5 Å². The third-order valence-electron chi connectivity index (χ3n) is 6.12. The SMILES string of the molecule is NC1C(=O)N2CC(SC=Cc3ccccn3)(C(=O)OC(c3ccccc3)c3ccccc3)CS[C@H]12. The molecule has 8 heteroatoms. The lowest BCUT2D eigenvalue weighted by molar-refractivity contribution is -0.154. The van der Waals surface area contributed by atoms with E-state index in [9.17, 15) is 9.59 Å². The molecule has 0 radical (unpaired) electrons. The minimum absolute atomic E-state index is 0.0946. The molecule has 2 unspecified atom stereocenters. The molecule has 35 heavy (non-hydrogen) atoms. The van der Waals surface area contributed by atoms with Crippen LogP contribution in [0.3, 0.4) is 0 Å². The monoisotopic (exact) mass is 503 g/mol. The highest BCUT2D eigenvalue weighted by Crippen LogP contribution is 2.45. The number of aromatic nitrogens is 1. The predicted octanol–water partition coefficient (Wildman–Crippen LogP) is 4.10. The molecule has 2 aromatic carbocycles. The molecule has 2 saturated heterocycles. The van der Waals surface area contributed by atoms with Crippen LogP contribution in [0.5, 0.6) is 0 Å². The van der Waals surface area contributed by atoms with Crippen LogP contribution in [0.15, 0.2) is 90.5 Å². The second kappa shape index (κ2) is 10.3. The van der Waals surface area contributed by atoms with E-state index in [0.717, 1.165) is 16.8 Å². The first-order valence-corrected chi connectivity index (χ1v) is 13.2. The summed E-state index contributed by atoms with van der Waals surface area (Å²) in [5.41, 5.74) is 8.56. The second-order valence-corrected chi connectivity index (χ2v) is 10.9. The molecule has 1 aromatic heterocycles. The highest BCUT2D eigenvalue weighted by molar-refractivity contribution is 8.06. The van der Waals surface area contributed by atoms with E-state index in [1.165, 1.54) is 23.5 Å². The van der Waals surface area contributed by atoms with Gasteiger partial charge in [0.25, 0.3) is 0 Å². The number of nitrogens with zero attached hydrogens (tertiary/aromatic N) is 2. The van der Waals surface area contributed by atoms with Crippen LogP contribution in [0, 0.1) is 0 Å². The standard InChI is InChI=1S/C27H25N3O3S2/c28-22-24(31)30-17-27(18-34-25(22)30,35-16-14-21-13-7-8-15-29-21)26(32)33-23(19-9-3-1-4-10-19)20-11-5-2-6-12-20/h1-16,22-23,25H,17-18,28H2/t22?,25-,27?/m1/s1. The Morgan fingerprint density at radius 3 is 2.37 bits per heavy atom. The zero-order valence-electron chi connectivity index (χ0n) is 18.9. The Bertz CT molecular complexity index is 1170. The molecule has 0 saturated carbocycles. The van der Waals surface area contributed by atoms with Gasteiger partial charge in [0.15, 0.2) is 6.10 Å². The van der Waals surface area contributed by atoms with Crippen LogP contribution < -0.4 is 5.73 Å². The number of hydrogen-bond acceptors (Lipinski definition) is 7.